The van der Waals surface area contributed by atoms with Gasteiger partial charge in [-0.2, -0.15) is 0 Å². The predicted molar refractivity (Wildman–Crippen MR) is 52.2 cm³/mol. The lowest BCUT2D eigenvalue weighted by atomic mass is 10.1. The predicted octanol–water partition coefficient (Wildman–Crippen LogP) is 2.28. The van der Waals surface area contributed by atoms with Crippen LogP contribution in [0.5, 0.6) is 0 Å². The van der Waals surface area contributed by atoms with Crippen LogP contribution >= 0.6 is 11.3 Å². The zero-order valence-corrected chi connectivity index (χ0v) is 7.51. The first-order valence-electron chi connectivity index (χ1n) is 3.78. The summed E-state index contributed by atoms with van der Waals surface area (Å²) in [7, 11) is 0. The molecular weight excluding hydrogens is 184 g/mol. The average Bonchev–Trinajstić information content (AvgIpc) is 2.63. The Labute approximate surface area is 78.8 Å². The molecule has 0 spiro atoms. The van der Waals surface area contributed by atoms with Crippen molar-refractivity contribution >= 4 is 33.5 Å². The molecule has 0 N–H and O–H groups in total. The van der Waals surface area contributed by atoms with Crippen LogP contribution in [-0.4, -0.2) is 12.1 Å². The number of carbonyl (C=O) groups excluding carboxylic acids is 2. The van der Waals surface area contributed by atoms with Crippen molar-refractivity contribution < 1.29 is 9.59 Å². The van der Waals surface area contributed by atoms with Crippen LogP contribution in [0.25, 0.3) is 10.1 Å². The lowest BCUT2D eigenvalue weighted by Crippen LogP contribution is -1.98. The summed E-state index contributed by atoms with van der Waals surface area (Å²) in [5, 5.41) is 3.06. The smallest absolute Gasteiger partial charge is 0.225 e. The van der Waals surface area contributed by atoms with Gasteiger partial charge in [0, 0.05) is 10.3 Å². The van der Waals surface area contributed by atoms with Crippen molar-refractivity contribution in [1.29, 1.82) is 0 Å². The van der Waals surface area contributed by atoms with E-state index in [9.17, 15) is 9.59 Å². The molecule has 0 atom stereocenters. The Morgan fingerprint density at radius 1 is 1.31 bits per heavy atom. The van der Waals surface area contributed by atoms with Gasteiger partial charge >= 0.3 is 0 Å². The third-order valence-electron chi connectivity index (χ3n) is 1.85. The number of hydrogen-bond donors (Lipinski definition) is 0. The van der Waals surface area contributed by atoms with Gasteiger partial charge < -0.3 is 0 Å². The third-order valence-corrected chi connectivity index (χ3v) is 2.73. The van der Waals surface area contributed by atoms with Crippen LogP contribution in [0.15, 0.2) is 29.6 Å². The van der Waals surface area contributed by atoms with Crippen LogP contribution < -0.4 is 0 Å². The molecule has 0 amide bonds. The van der Waals surface area contributed by atoms with E-state index in [0.29, 0.717) is 11.8 Å². The topological polar surface area (TPSA) is 34.1 Å². The van der Waals surface area contributed by atoms with Crippen molar-refractivity contribution in [2.24, 2.45) is 0 Å². The van der Waals surface area contributed by atoms with Crippen LogP contribution in [0.1, 0.15) is 10.4 Å². The van der Waals surface area contributed by atoms with Crippen LogP contribution in [0.4, 0.5) is 0 Å². The number of ketones is 1. The van der Waals surface area contributed by atoms with Crippen molar-refractivity contribution in [3.05, 3.63) is 35.2 Å². The van der Waals surface area contributed by atoms with Gasteiger partial charge in [-0.25, -0.2) is 0 Å². The van der Waals surface area contributed by atoms with Crippen molar-refractivity contribution in [2.45, 2.75) is 0 Å². The van der Waals surface area contributed by atoms with E-state index < -0.39 is 5.78 Å². The molecule has 1 aromatic carbocycles. The molecule has 1 aromatic heterocycles. The first-order valence-corrected chi connectivity index (χ1v) is 4.66. The Bertz CT molecular complexity index is 470. The number of aldehydes is 1. The molecule has 13 heavy (non-hydrogen) atoms. The standard InChI is InChI=1S/C10H6O2S/c11-6-9(12)8-2-1-7-3-4-13-10(7)5-8/h1-6H. The van der Waals surface area contributed by atoms with Crippen molar-refractivity contribution in [2.75, 3.05) is 0 Å². The quantitative estimate of drug-likeness (QED) is 0.413. The highest BCUT2D eigenvalue weighted by Crippen LogP contribution is 2.21. The van der Waals surface area contributed by atoms with Gasteiger partial charge in [0.1, 0.15) is 0 Å². The van der Waals surface area contributed by atoms with E-state index in [1.54, 1.807) is 23.5 Å². The Morgan fingerprint density at radius 3 is 2.92 bits per heavy atom. The van der Waals surface area contributed by atoms with E-state index in [0.717, 1.165) is 10.1 Å². The van der Waals surface area contributed by atoms with E-state index >= 15 is 0 Å². The maximum atomic E-state index is 11.0. The van der Waals surface area contributed by atoms with Gasteiger partial charge in [-0.05, 0) is 22.9 Å². The van der Waals surface area contributed by atoms with Gasteiger partial charge in [0.15, 0.2) is 6.29 Å². The van der Waals surface area contributed by atoms with Gasteiger partial charge in [0.05, 0.1) is 0 Å². The molecule has 0 saturated heterocycles. The lowest BCUT2D eigenvalue weighted by molar-refractivity contribution is -0.104. The number of thiophene rings is 1. The molecule has 0 fully saturated rings. The zero-order valence-electron chi connectivity index (χ0n) is 6.69. The van der Waals surface area contributed by atoms with Crippen LogP contribution in [0.2, 0.25) is 0 Å². The molecule has 3 heteroatoms. The third kappa shape index (κ3) is 1.38. The summed E-state index contributed by atoms with van der Waals surface area (Å²) in [6.45, 7) is 0. The molecule has 0 saturated carbocycles. The number of hydrogen-bond acceptors (Lipinski definition) is 3. The molecule has 2 nitrogen and oxygen atoms in total. The summed E-state index contributed by atoms with van der Waals surface area (Å²) in [5.74, 6) is -0.463. The Balaban J connectivity index is 2.60. The summed E-state index contributed by atoms with van der Waals surface area (Å²) in [5.41, 5.74) is 0.463. The SMILES string of the molecule is O=CC(=O)c1ccc2ccsc2c1. The molecule has 2 aromatic rings. The van der Waals surface area contributed by atoms with E-state index in [4.69, 9.17) is 0 Å². The van der Waals surface area contributed by atoms with Gasteiger partial charge in [0.25, 0.3) is 0 Å². The molecule has 0 bridgehead atoms. The maximum absolute atomic E-state index is 11.0. The molecule has 64 valence electrons. The minimum atomic E-state index is -0.463. The minimum Gasteiger partial charge on any atom is -0.294 e. The second-order valence-corrected chi connectivity index (χ2v) is 3.60. The van der Waals surface area contributed by atoms with E-state index in [1.165, 1.54) is 0 Å². The van der Waals surface area contributed by atoms with Crippen LogP contribution in [0.3, 0.4) is 0 Å². The van der Waals surface area contributed by atoms with Gasteiger partial charge in [0.2, 0.25) is 5.78 Å². The molecule has 1 heterocycles. The number of rotatable bonds is 2. The van der Waals surface area contributed by atoms with E-state index in [1.807, 2.05) is 17.5 Å². The molecule has 0 radical (unpaired) electrons. The Morgan fingerprint density at radius 2 is 2.15 bits per heavy atom. The fourth-order valence-electron chi connectivity index (χ4n) is 1.18. The van der Waals surface area contributed by atoms with Crippen molar-refractivity contribution in [1.82, 2.24) is 0 Å². The highest BCUT2D eigenvalue weighted by atomic mass is 32.1. The summed E-state index contributed by atoms with van der Waals surface area (Å²) >= 11 is 1.56. The summed E-state index contributed by atoms with van der Waals surface area (Å²) in [6.07, 6.45) is 0.342. The summed E-state index contributed by atoms with van der Waals surface area (Å²) in [4.78, 5) is 21.2. The number of benzene rings is 1. The zero-order chi connectivity index (χ0) is 9.26. The highest BCUT2D eigenvalue weighted by molar-refractivity contribution is 7.17. The minimum absolute atomic E-state index is 0.342. The molecular formula is C10H6O2S. The van der Waals surface area contributed by atoms with E-state index in [2.05, 4.69) is 0 Å². The summed E-state index contributed by atoms with van der Waals surface area (Å²) < 4.78 is 1.03. The largest absolute Gasteiger partial charge is 0.294 e. The van der Waals surface area contributed by atoms with Gasteiger partial charge in [-0.3, -0.25) is 9.59 Å². The van der Waals surface area contributed by atoms with Gasteiger partial charge in [-0.1, -0.05) is 12.1 Å². The number of carbonyl (C=O) groups is 2. The number of fused-ring (bicyclic) bond motifs is 1. The normalized spacial score (nSPS) is 10.2. The maximum Gasteiger partial charge on any atom is 0.225 e. The average molecular weight is 190 g/mol. The summed E-state index contributed by atoms with van der Waals surface area (Å²) in [6, 6.07) is 7.25. The highest BCUT2D eigenvalue weighted by Gasteiger charge is 2.04. The van der Waals surface area contributed by atoms with E-state index in [-0.39, 0.29) is 0 Å². The Kier molecular flexibility index (Phi) is 1.94. The monoisotopic (exact) mass is 190 g/mol. The van der Waals surface area contributed by atoms with Crippen LogP contribution in [0, 0.1) is 0 Å². The Hall–Kier alpha value is -1.48. The molecule has 0 aliphatic heterocycles. The number of Topliss-reactive ketones (excluding diaryl/α,β-unsaturated/α-hetero) is 1. The molecule has 0 aliphatic rings. The second kappa shape index (κ2) is 3.11. The second-order valence-electron chi connectivity index (χ2n) is 2.66. The van der Waals surface area contributed by atoms with Gasteiger partial charge in [-0.15, -0.1) is 11.3 Å². The first-order chi connectivity index (χ1) is 6.31. The molecule has 0 unspecified atom stereocenters. The van der Waals surface area contributed by atoms with Crippen molar-refractivity contribution in [3.8, 4) is 0 Å². The first kappa shape index (κ1) is 8.13. The fourth-order valence-corrected chi connectivity index (χ4v) is 2.00. The lowest BCUT2D eigenvalue weighted by Gasteiger charge is -1.93. The van der Waals surface area contributed by atoms with Crippen molar-refractivity contribution in [3.63, 3.8) is 0 Å². The molecule has 0 aliphatic carbocycles. The fraction of sp³-hybridized carbons (Fsp3) is 0. The van der Waals surface area contributed by atoms with Crippen LogP contribution in [-0.2, 0) is 4.79 Å². The molecule has 2 rings (SSSR count).